The van der Waals surface area contributed by atoms with E-state index in [-0.39, 0.29) is 11.5 Å². The van der Waals surface area contributed by atoms with Crippen LogP contribution in [0.25, 0.3) is 0 Å². The molecule has 2 N–H and O–H groups in total. The molecular formula is C12H24N2O2. The quantitative estimate of drug-likeness (QED) is 0.761. The molecule has 1 rings (SSSR count). The van der Waals surface area contributed by atoms with Crippen LogP contribution < -0.4 is 5.32 Å². The molecule has 0 saturated carbocycles. The van der Waals surface area contributed by atoms with Gasteiger partial charge in [-0.15, -0.1) is 0 Å². The number of hydrogen-bond donors (Lipinski definition) is 2. The van der Waals surface area contributed by atoms with Crippen LogP contribution in [0.1, 0.15) is 34.1 Å². The second-order valence-corrected chi connectivity index (χ2v) is 5.39. The van der Waals surface area contributed by atoms with Gasteiger partial charge in [0.2, 0.25) is 0 Å². The van der Waals surface area contributed by atoms with Gasteiger partial charge in [-0.25, -0.2) is 0 Å². The van der Waals surface area contributed by atoms with E-state index in [0.29, 0.717) is 19.1 Å². The summed E-state index contributed by atoms with van der Waals surface area (Å²) in [6, 6.07) is 0.428. The molecule has 0 aromatic rings. The van der Waals surface area contributed by atoms with Gasteiger partial charge in [0.25, 0.3) is 0 Å². The molecule has 1 fully saturated rings. The van der Waals surface area contributed by atoms with E-state index >= 15 is 0 Å². The van der Waals surface area contributed by atoms with Gasteiger partial charge < -0.3 is 10.4 Å². The maximum atomic E-state index is 11.1. The fraction of sp³-hybridized carbons (Fsp3) is 0.917. The number of carboxylic acids is 1. The molecule has 0 bridgehead atoms. The van der Waals surface area contributed by atoms with E-state index in [2.05, 4.69) is 37.9 Å². The number of nitrogens with one attached hydrogen (secondary N) is 1. The van der Waals surface area contributed by atoms with E-state index in [9.17, 15) is 4.79 Å². The Balaban J connectivity index is 2.84. The van der Waals surface area contributed by atoms with E-state index in [1.54, 1.807) is 0 Å². The molecule has 16 heavy (non-hydrogen) atoms. The summed E-state index contributed by atoms with van der Waals surface area (Å²) in [5.41, 5.74) is 0.0274. The lowest BCUT2D eigenvalue weighted by atomic mass is 9.98. The van der Waals surface area contributed by atoms with Crippen LogP contribution in [0.4, 0.5) is 0 Å². The predicted molar refractivity (Wildman–Crippen MR) is 64.5 cm³/mol. The topological polar surface area (TPSA) is 52.6 Å². The average molecular weight is 228 g/mol. The Hall–Kier alpha value is -0.610. The predicted octanol–water partition coefficient (Wildman–Crippen LogP) is 1.17. The maximum absolute atomic E-state index is 11.1. The fourth-order valence-corrected chi connectivity index (χ4v) is 2.37. The summed E-state index contributed by atoms with van der Waals surface area (Å²) < 4.78 is 0. The molecule has 4 heteroatoms. The molecule has 4 nitrogen and oxygen atoms in total. The first-order valence-corrected chi connectivity index (χ1v) is 6.08. The Morgan fingerprint density at radius 3 is 2.75 bits per heavy atom. The van der Waals surface area contributed by atoms with Crippen LogP contribution in [0.15, 0.2) is 0 Å². The Bertz CT molecular complexity index is 253. The molecule has 1 heterocycles. The minimum atomic E-state index is -0.696. The zero-order valence-corrected chi connectivity index (χ0v) is 10.8. The number of nitrogens with zero attached hydrogens (tertiary/aromatic N) is 1. The standard InChI is InChI=1S/C12H24N2O2/c1-5-9(2)14-7-10(11(15)16)6-13-8-12(14,3)4/h9-10,13H,5-8H2,1-4H3,(H,15,16). The van der Waals surface area contributed by atoms with Crippen molar-refractivity contribution in [2.24, 2.45) is 5.92 Å². The van der Waals surface area contributed by atoms with E-state index < -0.39 is 5.97 Å². The van der Waals surface area contributed by atoms with Crippen LogP contribution in [-0.4, -0.2) is 47.2 Å². The first-order valence-electron chi connectivity index (χ1n) is 6.08. The third-order valence-corrected chi connectivity index (χ3v) is 3.62. The van der Waals surface area contributed by atoms with Crippen molar-refractivity contribution in [2.45, 2.75) is 45.7 Å². The van der Waals surface area contributed by atoms with Gasteiger partial charge in [-0.1, -0.05) is 6.92 Å². The number of hydrogen-bond acceptors (Lipinski definition) is 3. The second-order valence-electron chi connectivity index (χ2n) is 5.39. The highest BCUT2D eigenvalue weighted by molar-refractivity contribution is 5.70. The van der Waals surface area contributed by atoms with Crippen LogP contribution in [-0.2, 0) is 4.79 Å². The second kappa shape index (κ2) is 5.15. The van der Waals surface area contributed by atoms with E-state index in [0.717, 1.165) is 13.0 Å². The number of rotatable bonds is 3. The monoisotopic (exact) mass is 228 g/mol. The van der Waals surface area contributed by atoms with Gasteiger partial charge in [-0.05, 0) is 27.2 Å². The fourth-order valence-electron chi connectivity index (χ4n) is 2.37. The van der Waals surface area contributed by atoms with Crippen LogP contribution >= 0.6 is 0 Å². The molecule has 0 radical (unpaired) electrons. The van der Waals surface area contributed by atoms with Crippen LogP contribution in [0.5, 0.6) is 0 Å². The molecule has 1 aliphatic heterocycles. The van der Waals surface area contributed by atoms with E-state index in [1.165, 1.54) is 0 Å². The lowest BCUT2D eigenvalue weighted by Gasteiger charge is -2.41. The normalized spacial score (nSPS) is 28.4. The summed E-state index contributed by atoms with van der Waals surface area (Å²) in [4.78, 5) is 13.4. The lowest BCUT2D eigenvalue weighted by molar-refractivity contribution is -0.142. The van der Waals surface area contributed by atoms with E-state index in [4.69, 9.17) is 5.11 Å². The summed E-state index contributed by atoms with van der Waals surface area (Å²) in [5, 5.41) is 12.4. The van der Waals surface area contributed by atoms with Crippen LogP contribution in [0.3, 0.4) is 0 Å². The summed E-state index contributed by atoms with van der Waals surface area (Å²) >= 11 is 0. The van der Waals surface area contributed by atoms with Gasteiger partial charge in [0.05, 0.1) is 5.92 Å². The van der Waals surface area contributed by atoms with Gasteiger partial charge in [0, 0.05) is 31.2 Å². The Morgan fingerprint density at radius 1 is 1.62 bits per heavy atom. The Labute approximate surface area is 98.0 Å². The molecule has 0 aromatic heterocycles. The molecule has 94 valence electrons. The number of aliphatic carboxylic acids is 1. The average Bonchev–Trinajstić information content (AvgIpc) is 2.35. The van der Waals surface area contributed by atoms with Gasteiger partial charge in [0.1, 0.15) is 0 Å². The minimum absolute atomic E-state index is 0.0274. The van der Waals surface area contributed by atoms with Crippen molar-refractivity contribution in [1.82, 2.24) is 10.2 Å². The number of carbonyl (C=O) groups is 1. The van der Waals surface area contributed by atoms with Gasteiger partial charge in [-0.3, -0.25) is 9.69 Å². The molecule has 2 atom stereocenters. The van der Waals surface area contributed by atoms with Crippen molar-refractivity contribution < 1.29 is 9.90 Å². The molecule has 2 unspecified atom stereocenters. The molecule has 0 aliphatic carbocycles. The lowest BCUT2D eigenvalue weighted by Crippen LogP contribution is -2.53. The molecule has 0 aromatic carbocycles. The van der Waals surface area contributed by atoms with Crippen molar-refractivity contribution in [3.63, 3.8) is 0 Å². The first kappa shape index (κ1) is 13.5. The summed E-state index contributed by atoms with van der Waals surface area (Å²) in [6.45, 7) is 10.7. The van der Waals surface area contributed by atoms with Crippen LogP contribution in [0.2, 0.25) is 0 Å². The van der Waals surface area contributed by atoms with Crippen molar-refractivity contribution in [1.29, 1.82) is 0 Å². The Kier molecular flexibility index (Phi) is 4.33. The molecule has 0 spiro atoms. The first-order chi connectivity index (χ1) is 7.38. The largest absolute Gasteiger partial charge is 0.481 e. The highest BCUT2D eigenvalue weighted by atomic mass is 16.4. The number of carboxylic acid groups (broad SMARTS) is 1. The highest BCUT2D eigenvalue weighted by Gasteiger charge is 2.36. The van der Waals surface area contributed by atoms with Crippen molar-refractivity contribution in [2.75, 3.05) is 19.6 Å². The molecular weight excluding hydrogens is 204 g/mol. The van der Waals surface area contributed by atoms with Crippen molar-refractivity contribution in [3.8, 4) is 0 Å². The maximum Gasteiger partial charge on any atom is 0.309 e. The summed E-state index contributed by atoms with van der Waals surface area (Å²) in [7, 11) is 0. The summed E-state index contributed by atoms with van der Waals surface area (Å²) in [6.07, 6.45) is 1.05. The minimum Gasteiger partial charge on any atom is -0.481 e. The van der Waals surface area contributed by atoms with Gasteiger partial charge in [0.15, 0.2) is 0 Å². The molecule has 1 saturated heterocycles. The summed E-state index contributed by atoms with van der Waals surface area (Å²) in [5.74, 6) is -0.991. The SMILES string of the molecule is CCC(C)N1CC(C(=O)O)CNCC1(C)C. The highest BCUT2D eigenvalue weighted by Crippen LogP contribution is 2.23. The van der Waals surface area contributed by atoms with Gasteiger partial charge in [-0.2, -0.15) is 0 Å². The van der Waals surface area contributed by atoms with Crippen molar-refractivity contribution >= 4 is 5.97 Å². The van der Waals surface area contributed by atoms with Crippen LogP contribution in [0, 0.1) is 5.92 Å². The van der Waals surface area contributed by atoms with Crippen molar-refractivity contribution in [3.05, 3.63) is 0 Å². The third kappa shape index (κ3) is 2.95. The van der Waals surface area contributed by atoms with E-state index in [1.807, 2.05) is 0 Å². The Morgan fingerprint density at radius 2 is 2.25 bits per heavy atom. The van der Waals surface area contributed by atoms with Gasteiger partial charge >= 0.3 is 5.97 Å². The molecule has 0 amide bonds. The zero-order valence-electron chi connectivity index (χ0n) is 10.8. The smallest absolute Gasteiger partial charge is 0.309 e. The molecule has 1 aliphatic rings. The third-order valence-electron chi connectivity index (χ3n) is 3.62. The zero-order chi connectivity index (χ0) is 12.3.